The van der Waals surface area contributed by atoms with Gasteiger partial charge in [-0.2, -0.15) is 0 Å². The molecule has 6 heteroatoms. The van der Waals surface area contributed by atoms with E-state index in [-0.39, 0.29) is 5.91 Å². The molecule has 0 unspecified atom stereocenters. The number of anilines is 1. The molecule has 0 saturated carbocycles. The molecule has 20 heavy (non-hydrogen) atoms. The molecule has 1 amide bonds. The first-order valence-electron chi connectivity index (χ1n) is 6.38. The van der Waals surface area contributed by atoms with Crippen LogP contribution in [0.4, 0.5) is 5.13 Å². The number of carbonyl (C=O) groups is 1. The molecule has 1 aliphatic rings. The number of rotatable bonds is 2. The molecule has 0 atom stereocenters. The maximum Gasteiger partial charge on any atom is 0.227 e. The lowest BCUT2D eigenvalue weighted by molar-refractivity contribution is -0.131. The first-order chi connectivity index (χ1) is 9.61. The molecule has 0 aliphatic carbocycles. The monoisotopic (exact) mass is 307 g/mol. The predicted octanol–water partition coefficient (Wildman–Crippen LogP) is 2.51. The molecule has 0 radical (unpaired) electrons. The molecule has 4 nitrogen and oxygen atoms in total. The van der Waals surface area contributed by atoms with Crippen LogP contribution in [-0.2, 0) is 24.2 Å². The van der Waals surface area contributed by atoms with E-state index in [4.69, 9.17) is 17.3 Å². The van der Waals surface area contributed by atoms with Crippen LogP contribution in [0.3, 0.4) is 0 Å². The minimum atomic E-state index is 0.130. The number of fused-ring (bicyclic) bond motifs is 1. The number of amides is 1. The third-order valence-electron chi connectivity index (χ3n) is 3.37. The lowest BCUT2D eigenvalue weighted by Gasteiger charge is -2.26. The summed E-state index contributed by atoms with van der Waals surface area (Å²) in [5.41, 5.74) is 7.73. The van der Waals surface area contributed by atoms with E-state index >= 15 is 0 Å². The summed E-state index contributed by atoms with van der Waals surface area (Å²) in [6.45, 7) is 1.33. The van der Waals surface area contributed by atoms with Crippen LogP contribution in [0, 0.1) is 0 Å². The average molecular weight is 308 g/mol. The Morgan fingerprint density at radius 3 is 2.90 bits per heavy atom. The number of carbonyl (C=O) groups excluding carboxylic acids is 1. The minimum Gasteiger partial charge on any atom is -0.375 e. The fourth-order valence-electron chi connectivity index (χ4n) is 2.32. The zero-order chi connectivity index (χ0) is 14.1. The van der Waals surface area contributed by atoms with Crippen molar-refractivity contribution >= 4 is 34.0 Å². The third-order valence-corrected chi connectivity index (χ3v) is 4.53. The summed E-state index contributed by atoms with van der Waals surface area (Å²) in [5.74, 6) is 0.130. The molecule has 2 N–H and O–H groups in total. The van der Waals surface area contributed by atoms with Gasteiger partial charge in [0.25, 0.3) is 0 Å². The number of nitrogens with zero attached hydrogens (tertiary/aromatic N) is 2. The SMILES string of the molecule is Nc1nc2c(s1)CN(C(=O)Cc1ccc(Cl)cc1)CC2. The fraction of sp³-hybridized carbons (Fsp3) is 0.286. The third kappa shape index (κ3) is 2.78. The van der Waals surface area contributed by atoms with Gasteiger partial charge < -0.3 is 10.6 Å². The van der Waals surface area contributed by atoms with E-state index in [9.17, 15) is 4.79 Å². The van der Waals surface area contributed by atoms with Crippen LogP contribution in [0.1, 0.15) is 16.1 Å². The van der Waals surface area contributed by atoms with Crippen LogP contribution in [0.15, 0.2) is 24.3 Å². The Labute approximate surface area is 126 Å². The first-order valence-corrected chi connectivity index (χ1v) is 7.57. The molecule has 2 heterocycles. The van der Waals surface area contributed by atoms with Crippen molar-refractivity contribution in [2.75, 3.05) is 12.3 Å². The predicted molar refractivity (Wildman–Crippen MR) is 80.8 cm³/mol. The molecule has 1 aromatic carbocycles. The van der Waals surface area contributed by atoms with Crippen molar-refractivity contribution in [3.63, 3.8) is 0 Å². The summed E-state index contributed by atoms with van der Waals surface area (Å²) in [6.07, 6.45) is 1.19. The Hall–Kier alpha value is -1.59. The molecule has 2 aromatic rings. The molecule has 1 aliphatic heterocycles. The number of nitrogen functional groups attached to an aromatic ring is 1. The van der Waals surface area contributed by atoms with Gasteiger partial charge in [0.15, 0.2) is 5.13 Å². The van der Waals surface area contributed by atoms with Gasteiger partial charge in [-0.15, -0.1) is 11.3 Å². The number of benzene rings is 1. The highest BCUT2D eigenvalue weighted by Gasteiger charge is 2.23. The number of nitrogens with two attached hydrogens (primary N) is 1. The quantitative estimate of drug-likeness (QED) is 0.927. The second kappa shape index (κ2) is 5.42. The molecule has 1 aromatic heterocycles. The number of thiazole rings is 1. The van der Waals surface area contributed by atoms with Crippen molar-refractivity contribution in [1.29, 1.82) is 0 Å². The van der Waals surface area contributed by atoms with Crippen LogP contribution in [0.5, 0.6) is 0 Å². The van der Waals surface area contributed by atoms with Gasteiger partial charge in [-0.05, 0) is 17.7 Å². The highest BCUT2D eigenvalue weighted by atomic mass is 35.5. The molecular formula is C14H14ClN3OS. The molecule has 3 rings (SSSR count). The zero-order valence-electron chi connectivity index (χ0n) is 10.8. The zero-order valence-corrected chi connectivity index (χ0v) is 12.4. The molecule has 0 saturated heterocycles. The molecule has 0 bridgehead atoms. The summed E-state index contributed by atoms with van der Waals surface area (Å²) in [7, 11) is 0. The maximum atomic E-state index is 12.3. The van der Waals surface area contributed by atoms with E-state index in [0.717, 1.165) is 22.6 Å². The van der Waals surface area contributed by atoms with E-state index in [0.29, 0.717) is 29.7 Å². The standard InChI is InChI=1S/C14H14ClN3OS/c15-10-3-1-9(2-4-10)7-13(19)18-6-5-11-12(8-18)20-14(16)17-11/h1-4H,5-8H2,(H2,16,17). The molecular weight excluding hydrogens is 294 g/mol. The van der Waals surface area contributed by atoms with Crippen LogP contribution < -0.4 is 5.73 Å². The van der Waals surface area contributed by atoms with Gasteiger partial charge in [0, 0.05) is 22.9 Å². The van der Waals surface area contributed by atoms with E-state index in [1.54, 1.807) is 0 Å². The van der Waals surface area contributed by atoms with Gasteiger partial charge in [-0.1, -0.05) is 23.7 Å². The van der Waals surface area contributed by atoms with E-state index in [1.165, 1.54) is 11.3 Å². The van der Waals surface area contributed by atoms with Crippen LogP contribution in [0.25, 0.3) is 0 Å². The van der Waals surface area contributed by atoms with Crippen LogP contribution >= 0.6 is 22.9 Å². The minimum absolute atomic E-state index is 0.130. The summed E-state index contributed by atoms with van der Waals surface area (Å²) < 4.78 is 0. The number of hydrogen-bond acceptors (Lipinski definition) is 4. The maximum absolute atomic E-state index is 12.3. The summed E-state index contributed by atoms with van der Waals surface area (Å²) in [5, 5.41) is 1.27. The Morgan fingerprint density at radius 2 is 2.15 bits per heavy atom. The van der Waals surface area contributed by atoms with E-state index in [2.05, 4.69) is 4.98 Å². The van der Waals surface area contributed by atoms with Crippen molar-refractivity contribution in [2.45, 2.75) is 19.4 Å². The van der Waals surface area contributed by atoms with Crippen molar-refractivity contribution in [3.8, 4) is 0 Å². The Bertz CT molecular complexity index is 638. The molecule has 0 spiro atoms. The number of hydrogen-bond donors (Lipinski definition) is 1. The van der Waals surface area contributed by atoms with Crippen LogP contribution in [-0.4, -0.2) is 22.3 Å². The smallest absolute Gasteiger partial charge is 0.227 e. The second-order valence-electron chi connectivity index (χ2n) is 4.79. The Kier molecular flexibility index (Phi) is 3.63. The summed E-state index contributed by atoms with van der Waals surface area (Å²) in [4.78, 5) is 19.6. The van der Waals surface area contributed by atoms with E-state index in [1.807, 2.05) is 29.2 Å². The van der Waals surface area contributed by atoms with Gasteiger partial charge in [0.1, 0.15) is 0 Å². The number of aromatic nitrogens is 1. The highest BCUT2D eigenvalue weighted by Crippen LogP contribution is 2.26. The van der Waals surface area contributed by atoms with Gasteiger partial charge in [0.2, 0.25) is 5.91 Å². The normalized spacial score (nSPS) is 14.2. The number of halogens is 1. The first kappa shape index (κ1) is 13.4. The lowest BCUT2D eigenvalue weighted by Crippen LogP contribution is -2.36. The van der Waals surface area contributed by atoms with Crippen molar-refractivity contribution in [1.82, 2.24) is 9.88 Å². The second-order valence-corrected chi connectivity index (χ2v) is 6.34. The van der Waals surface area contributed by atoms with Gasteiger partial charge >= 0.3 is 0 Å². The summed E-state index contributed by atoms with van der Waals surface area (Å²) in [6, 6.07) is 7.39. The van der Waals surface area contributed by atoms with Gasteiger partial charge in [-0.3, -0.25) is 4.79 Å². The fourth-order valence-corrected chi connectivity index (χ4v) is 3.34. The average Bonchev–Trinajstić information content (AvgIpc) is 2.80. The highest BCUT2D eigenvalue weighted by molar-refractivity contribution is 7.15. The van der Waals surface area contributed by atoms with Crippen molar-refractivity contribution in [2.24, 2.45) is 0 Å². The Balaban J connectivity index is 1.68. The van der Waals surface area contributed by atoms with Gasteiger partial charge in [-0.25, -0.2) is 4.98 Å². The van der Waals surface area contributed by atoms with Crippen molar-refractivity contribution in [3.05, 3.63) is 45.4 Å². The molecule has 104 valence electrons. The van der Waals surface area contributed by atoms with Gasteiger partial charge in [0.05, 0.1) is 18.7 Å². The Morgan fingerprint density at radius 1 is 1.40 bits per heavy atom. The van der Waals surface area contributed by atoms with E-state index < -0.39 is 0 Å². The largest absolute Gasteiger partial charge is 0.375 e. The summed E-state index contributed by atoms with van der Waals surface area (Å²) >= 11 is 7.32. The lowest BCUT2D eigenvalue weighted by atomic mass is 10.1. The molecule has 0 fully saturated rings. The van der Waals surface area contributed by atoms with Crippen molar-refractivity contribution < 1.29 is 4.79 Å². The topological polar surface area (TPSA) is 59.2 Å². The van der Waals surface area contributed by atoms with Crippen LogP contribution in [0.2, 0.25) is 5.02 Å².